The summed E-state index contributed by atoms with van der Waals surface area (Å²) in [5, 5.41) is 1.06. The van der Waals surface area contributed by atoms with Crippen LogP contribution < -0.4 is 0 Å². The molecule has 5 aromatic carbocycles. The van der Waals surface area contributed by atoms with Gasteiger partial charge in [-0.25, -0.2) is 15.0 Å². The molecule has 0 fully saturated rings. The SMILES string of the molecule is c1ccc(-c2nc3ccccc3n2-c2ccc(-c3cccc(-c4nc5ccccc5c5nc6ccccn6c45)c3)cc2)cc1. The van der Waals surface area contributed by atoms with Crippen LogP contribution in [0.15, 0.2) is 152 Å². The number of para-hydroxylation sites is 3. The fourth-order valence-corrected chi connectivity index (χ4v) is 6.27. The highest BCUT2D eigenvalue weighted by molar-refractivity contribution is 6.09. The van der Waals surface area contributed by atoms with Crippen molar-refractivity contribution in [2.75, 3.05) is 0 Å². The monoisotopic (exact) mass is 563 g/mol. The second kappa shape index (κ2) is 9.75. The molecule has 0 saturated heterocycles. The first-order chi connectivity index (χ1) is 21.8. The number of aromatic nitrogens is 5. The summed E-state index contributed by atoms with van der Waals surface area (Å²) in [6.07, 6.45) is 2.07. The molecule has 0 aliphatic carbocycles. The van der Waals surface area contributed by atoms with E-state index in [4.69, 9.17) is 15.0 Å². The molecule has 0 radical (unpaired) electrons. The van der Waals surface area contributed by atoms with Gasteiger partial charge in [-0.1, -0.05) is 97.1 Å². The predicted octanol–water partition coefficient (Wildman–Crippen LogP) is 9.38. The van der Waals surface area contributed by atoms with Crippen LogP contribution in [-0.2, 0) is 0 Å². The van der Waals surface area contributed by atoms with Gasteiger partial charge in [0.25, 0.3) is 0 Å². The fraction of sp³-hybridized carbons (Fsp3) is 0. The summed E-state index contributed by atoms with van der Waals surface area (Å²) in [6.45, 7) is 0. The van der Waals surface area contributed by atoms with Crippen molar-refractivity contribution in [1.82, 2.24) is 23.9 Å². The van der Waals surface area contributed by atoms with Gasteiger partial charge >= 0.3 is 0 Å². The van der Waals surface area contributed by atoms with Crippen molar-refractivity contribution in [2.45, 2.75) is 0 Å². The van der Waals surface area contributed by atoms with Gasteiger partial charge in [-0.15, -0.1) is 0 Å². The third-order valence-corrected chi connectivity index (χ3v) is 8.33. The van der Waals surface area contributed by atoms with E-state index in [1.165, 1.54) is 0 Å². The van der Waals surface area contributed by atoms with Crippen LogP contribution in [0.5, 0.6) is 0 Å². The lowest BCUT2D eigenvalue weighted by Gasteiger charge is -2.12. The van der Waals surface area contributed by atoms with Gasteiger partial charge < -0.3 is 0 Å². The number of imidazole rings is 2. The van der Waals surface area contributed by atoms with Crippen LogP contribution in [0, 0.1) is 0 Å². The van der Waals surface area contributed by atoms with E-state index in [-0.39, 0.29) is 0 Å². The zero-order chi connectivity index (χ0) is 29.0. The Morgan fingerprint density at radius 2 is 1.20 bits per heavy atom. The highest BCUT2D eigenvalue weighted by Crippen LogP contribution is 2.35. The van der Waals surface area contributed by atoms with Crippen molar-refractivity contribution in [3.05, 3.63) is 152 Å². The average Bonchev–Trinajstić information content (AvgIpc) is 3.68. The summed E-state index contributed by atoms with van der Waals surface area (Å²) in [5.74, 6) is 0.931. The van der Waals surface area contributed by atoms with Gasteiger partial charge in [-0.05, 0) is 59.7 Å². The Labute approximate surface area is 253 Å². The smallest absolute Gasteiger partial charge is 0.145 e. The van der Waals surface area contributed by atoms with Crippen molar-refractivity contribution in [1.29, 1.82) is 0 Å². The molecule has 5 nitrogen and oxygen atoms in total. The van der Waals surface area contributed by atoms with E-state index in [1.54, 1.807) is 0 Å². The molecule has 0 N–H and O–H groups in total. The maximum absolute atomic E-state index is 5.17. The zero-order valence-corrected chi connectivity index (χ0v) is 23.7. The molecular weight excluding hydrogens is 538 g/mol. The number of hydrogen-bond donors (Lipinski definition) is 0. The predicted molar refractivity (Wildman–Crippen MR) is 179 cm³/mol. The van der Waals surface area contributed by atoms with E-state index in [9.17, 15) is 0 Å². The Balaban J connectivity index is 1.17. The van der Waals surface area contributed by atoms with Crippen LogP contribution in [0.3, 0.4) is 0 Å². The first kappa shape index (κ1) is 24.5. The molecule has 4 aromatic heterocycles. The van der Waals surface area contributed by atoms with Gasteiger partial charge in [-0.2, -0.15) is 0 Å². The molecular formula is C39H25N5. The van der Waals surface area contributed by atoms with Crippen molar-refractivity contribution in [2.24, 2.45) is 0 Å². The van der Waals surface area contributed by atoms with Crippen molar-refractivity contribution in [3.8, 4) is 39.5 Å². The summed E-state index contributed by atoms with van der Waals surface area (Å²) >= 11 is 0. The van der Waals surface area contributed by atoms with Crippen LogP contribution in [0.2, 0.25) is 0 Å². The van der Waals surface area contributed by atoms with Crippen LogP contribution in [0.1, 0.15) is 0 Å². The van der Waals surface area contributed by atoms with Gasteiger partial charge in [0.15, 0.2) is 0 Å². The largest absolute Gasteiger partial charge is 0.298 e. The van der Waals surface area contributed by atoms with Gasteiger partial charge in [0.2, 0.25) is 0 Å². The highest BCUT2D eigenvalue weighted by atomic mass is 15.1. The first-order valence-corrected chi connectivity index (χ1v) is 14.7. The van der Waals surface area contributed by atoms with Crippen molar-refractivity contribution >= 4 is 38.6 Å². The molecule has 0 unspecified atom stereocenters. The van der Waals surface area contributed by atoms with E-state index in [1.807, 2.05) is 42.5 Å². The average molecular weight is 564 g/mol. The van der Waals surface area contributed by atoms with Crippen LogP contribution in [-0.4, -0.2) is 23.9 Å². The standard InChI is InChI=1S/C39H25N5/c1-2-11-27(12-3-1)39-41-33-17-6-7-18-34(33)44(39)30-22-20-26(21-23-30)28-13-10-14-29(25-28)36-38-37(31-15-4-5-16-32(31)40-36)42-35-19-8-9-24-43(35)38/h1-25H. The van der Waals surface area contributed by atoms with E-state index in [0.717, 1.165) is 78.1 Å². The van der Waals surface area contributed by atoms with Gasteiger partial charge in [0.1, 0.15) is 17.0 Å². The molecule has 5 heteroatoms. The second-order valence-corrected chi connectivity index (χ2v) is 11.0. The van der Waals surface area contributed by atoms with E-state index in [0.29, 0.717) is 0 Å². The number of pyridine rings is 2. The van der Waals surface area contributed by atoms with E-state index >= 15 is 0 Å². The number of fused-ring (bicyclic) bond motifs is 6. The summed E-state index contributed by atoms with van der Waals surface area (Å²) in [5.41, 5.74) is 12.3. The molecule has 0 bridgehead atoms. The van der Waals surface area contributed by atoms with E-state index in [2.05, 4.69) is 118 Å². The summed E-state index contributed by atoms with van der Waals surface area (Å²) in [7, 11) is 0. The Hall–Kier alpha value is -6.07. The molecule has 0 spiro atoms. The Morgan fingerprint density at radius 1 is 0.477 bits per heavy atom. The minimum atomic E-state index is 0.913. The number of hydrogen-bond acceptors (Lipinski definition) is 3. The lowest BCUT2D eigenvalue weighted by molar-refractivity contribution is 1.10. The third kappa shape index (κ3) is 3.83. The number of nitrogens with zero attached hydrogens (tertiary/aromatic N) is 5. The van der Waals surface area contributed by atoms with Crippen molar-refractivity contribution in [3.63, 3.8) is 0 Å². The molecule has 0 aliphatic heterocycles. The van der Waals surface area contributed by atoms with E-state index < -0.39 is 0 Å². The van der Waals surface area contributed by atoms with Gasteiger partial charge in [0, 0.05) is 28.4 Å². The Morgan fingerprint density at radius 3 is 2.09 bits per heavy atom. The number of benzene rings is 5. The molecule has 206 valence electrons. The van der Waals surface area contributed by atoms with Gasteiger partial charge in [-0.3, -0.25) is 8.97 Å². The summed E-state index contributed by atoms with van der Waals surface area (Å²) < 4.78 is 4.39. The fourth-order valence-electron chi connectivity index (χ4n) is 6.27. The molecule has 0 aliphatic rings. The Bertz CT molecular complexity index is 2490. The van der Waals surface area contributed by atoms with Crippen LogP contribution in [0.4, 0.5) is 0 Å². The lowest BCUT2D eigenvalue weighted by Crippen LogP contribution is -1.97. The van der Waals surface area contributed by atoms with Crippen LogP contribution >= 0.6 is 0 Å². The minimum Gasteiger partial charge on any atom is -0.298 e. The first-order valence-electron chi connectivity index (χ1n) is 14.7. The van der Waals surface area contributed by atoms with Gasteiger partial charge in [0.05, 0.1) is 27.8 Å². The molecule has 0 saturated carbocycles. The molecule has 44 heavy (non-hydrogen) atoms. The highest BCUT2D eigenvalue weighted by Gasteiger charge is 2.17. The Kier molecular flexibility index (Phi) is 5.43. The minimum absolute atomic E-state index is 0.913. The summed E-state index contributed by atoms with van der Waals surface area (Å²) in [4.78, 5) is 15.2. The summed E-state index contributed by atoms with van der Waals surface area (Å²) in [6, 6.07) is 50.4. The quantitative estimate of drug-likeness (QED) is 0.214. The zero-order valence-electron chi connectivity index (χ0n) is 23.7. The second-order valence-electron chi connectivity index (χ2n) is 11.0. The maximum atomic E-state index is 5.17. The maximum Gasteiger partial charge on any atom is 0.145 e. The molecule has 9 rings (SSSR count). The molecule has 0 atom stereocenters. The molecule has 4 heterocycles. The third-order valence-electron chi connectivity index (χ3n) is 8.33. The van der Waals surface area contributed by atoms with Crippen molar-refractivity contribution < 1.29 is 0 Å². The topological polar surface area (TPSA) is 48.0 Å². The normalized spacial score (nSPS) is 11.6. The van der Waals surface area contributed by atoms with Crippen LogP contribution in [0.25, 0.3) is 78.1 Å². The lowest BCUT2D eigenvalue weighted by atomic mass is 10.00. The molecule has 0 amide bonds. The number of rotatable bonds is 4. The molecule has 9 aromatic rings.